The average Bonchev–Trinajstić information content (AvgIpc) is 2.21. The molecule has 0 spiro atoms. The molecular formula is C9H14BNO4. The Morgan fingerprint density at radius 3 is 3.00 bits per heavy atom. The maximum absolute atomic E-state index is 11.2. The predicted molar refractivity (Wildman–Crippen MR) is 55.3 cm³/mol. The van der Waals surface area contributed by atoms with Gasteiger partial charge in [-0.25, -0.2) is 0 Å². The SMILES string of the molecule is C=CB1OCCN(C)CC(C(=O)C=O)O1. The molecule has 1 atom stereocenters. The number of carbonyl (C=O) groups excluding carboxylic acids is 2. The number of Topliss-reactive ketones (excluding diaryl/α,β-unsaturated/α-hetero) is 1. The fourth-order valence-electron chi connectivity index (χ4n) is 1.30. The number of aldehydes is 1. The van der Waals surface area contributed by atoms with Crippen LogP contribution in [0.1, 0.15) is 0 Å². The molecule has 1 fully saturated rings. The Hall–Kier alpha value is -0.975. The van der Waals surface area contributed by atoms with Gasteiger partial charge in [-0.1, -0.05) is 5.98 Å². The van der Waals surface area contributed by atoms with Crippen molar-refractivity contribution in [2.45, 2.75) is 6.10 Å². The minimum atomic E-state index is -0.768. The van der Waals surface area contributed by atoms with E-state index in [2.05, 4.69) is 6.58 Å². The molecule has 0 aromatic heterocycles. The van der Waals surface area contributed by atoms with Crippen LogP contribution in [-0.4, -0.2) is 56.9 Å². The molecule has 1 aliphatic rings. The van der Waals surface area contributed by atoms with Crippen LogP contribution in [0.2, 0.25) is 0 Å². The van der Waals surface area contributed by atoms with Crippen molar-refractivity contribution in [2.24, 2.45) is 0 Å². The highest BCUT2D eigenvalue weighted by Gasteiger charge is 2.28. The fourth-order valence-corrected chi connectivity index (χ4v) is 1.30. The molecule has 82 valence electrons. The van der Waals surface area contributed by atoms with Crippen molar-refractivity contribution < 1.29 is 18.9 Å². The maximum atomic E-state index is 11.2. The Labute approximate surface area is 89.2 Å². The van der Waals surface area contributed by atoms with E-state index in [1.807, 2.05) is 11.9 Å². The fraction of sp³-hybridized carbons (Fsp3) is 0.556. The summed E-state index contributed by atoms with van der Waals surface area (Å²) in [5.41, 5.74) is 0. The Morgan fingerprint density at radius 1 is 1.67 bits per heavy atom. The van der Waals surface area contributed by atoms with Crippen LogP contribution >= 0.6 is 0 Å². The van der Waals surface area contributed by atoms with Gasteiger partial charge in [-0.15, -0.1) is 6.58 Å². The molecule has 0 N–H and O–H groups in total. The van der Waals surface area contributed by atoms with Gasteiger partial charge in [0.2, 0.25) is 5.78 Å². The molecule has 0 aromatic carbocycles. The van der Waals surface area contributed by atoms with E-state index in [4.69, 9.17) is 9.31 Å². The summed E-state index contributed by atoms with van der Waals surface area (Å²) in [5, 5.41) is 0. The van der Waals surface area contributed by atoms with Crippen molar-refractivity contribution in [3.63, 3.8) is 0 Å². The zero-order valence-electron chi connectivity index (χ0n) is 8.72. The largest absolute Gasteiger partial charge is 0.486 e. The van der Waals surface area contributed by atoms with Crippen LogP contribution in [0.4, 0.5) is 0 Å². The maximum Gasteiger partial charge on any atom is 0.486 e. The third kappa shape index (κ3) is 3.58. The first-order chi connectivity index (χ1) is 7.17. The van der Waals surface area contributed by atoms with E-state index in [9.17, 15) is 9.59 Å². The molecule has 1 aliphatic heterocycles. The number of rotatable bonds is 3. The number of hydrogen-bond donors (Lipinski definition) is 0. The van der Waals surface area contributed by atoms with Gasteiger partial charge in [0, 0.05) is 19.7 Å². The highest BCUT2D eigenvalue weighted by atomic mass is 16.6. The summed E-state index contributed by atoms with van der Waals surface area (Å²) < 4.78 is 10.6. The van der Waals surface area contributed by atoms with Crippen molar-refractivity contribution in [3.05, 3.63) is 12.6 Å². The predicted octanol–water partition coefficient (Wildman–Crippen LogP) is -0.685. The molecule has 0 radical (unpaired) electrons. The third-order valence-electron chi connectivity index (χ3n) is 2.16. The lowest BCUT2D eigenvalue weighted by atomic mass is 9.89. The molecule has 0 saturated carbocycles. The molecule has 5 nitrogen and oxygen atoms in total. The molecule has 6 heteroatoms. The zero-order chi connectivity index (χ0) is 11.3. The first-order valence-electron chi connectivity index (χ1n) is 4.74. The van der Waals surface area contributed by atoms with Gasteiger partial charge in [0.25, 0.3) is 0 Å². The third-order valence-corrected chi connectivity index (χ3v) is 2.16. The summed E-state index contributed by atoms with van der Waals surface area (Å²) in [5.74, 6) is 0.898. The van der Waals surface area contributed by atoms with Gasteiger partial charge in [0.1, 0.15) is 6.10 Å². The molecule has 0 amide bonds. The van der Waals surface area contributed by atoms with Crippen molar-refractivity contribution in [2.75, 3.05) is 26.7 Å². The second-order valence-electron chi connectivity index (χ2n) is 3.38. The van der Waals surface area contributed by atoms with E-state index >= 15 is 0 Å². The smallest absolute Gasteiger partial charge is 0.406 e. The number of nitrogens with zero attached hydrogens (tertiary/aromatic N) is 1. The number of carbonyl (C=O) groups is 2. The standard InChI is InChI=1S/C9H14BNO4/c1-3-10-14-5-4-11(2)6-9(15-10)8(13)7-12/h3,7,9H,1,4-6H2,2H3. The van der Waals surface area contributed by atoms with Crippen molar-refractivity contribution in [1.82, 2.24) is 4.90 Å². The van der Waals surface area contributed by atoms with Crippen LogP contribution in [0.3, 0.4) is 0 Å². The normalized spacial score (nSPS) is 24.1. The first-order valence-corrected chi connectivity index (χ1v) is 4.74. The molecule has 0 aliphatic carbocycles. The lowest BCUT2D eigenvalue weighted by molar-refractivity contribution is -0.136. The minimum Gasteiger partial charge on any atom is -0.406 e. The Kier molecular flexibility index (Phi) is 4.67. The second kappa shape index (κ2) is 5.80. The lowest BCUT2D eigenvalue weighted by Gasteiger charge is -2.27. The summed E-state index contributed by atoms with van der Waals surface area (Å²) in [6.45, 7) is 5.13. The monoisotopic (exact) mass is 211 g/mol. The summed E-state index contributed by atoms with van der Waals surface area (Å²) in [4.78, 5) is 23.5. The van der Waals surface area contributed by atoms with E-state index in [-0.39, 0.29) is 6.29 Å². The number of ketones is 1. The minimum absolute atomic E-state index is 0.278. The van der Waals surface area contributed by atoms with Crippen molar-refractivity contribution in [3.8, 4) is 0 Å². The van der Waals surface area contributed by atoms with Gasteiger partial charge in [-0.3, -0.25) is 9.59 Å². The van der Waals surface area contributed by atoms with Gasteiger partial charge in [-0.2, -0.15) is 0 Å². The molecule has 1 saturated heterocycles. The first kappa shape index (κ1) is 12.1. The van der Waals surface area contributed by atoms with Crippen LogP contribution in [0.15, 0.2) is 12.6 Å². The quantitative estimate of drug-likeness (QED) is 0.351. The van der Waals surface area contributed by atoms with Crippen LogP contribution in [0.5, 0.6) is 0 Å². The van der Waals surface area contributed by atoms with Crippen LogP contribution < -0.4 is 0 Å². The number of likely N-dealkylation sites (N-methyl/N-ethyl adjacent to an activating group) is 1. The van der Waals surface area contributed by atoms with E-state index in [1.165, 1.54) is 5.98 Å². The van der Waals surface area contributed by atoms with Gasteiger partial charge >= 0.3 is 7.12 Å². The second-order valence-corrected chi connectivity index (χ2v) is 3.38. The molecule has 1 unspecified atom stereocenters. The van der Waals surface area contributed by atoms with Crippen molar-refractivity contribution >= 4 is 19.2 Å². The Bertz CT molecular complexity index is 258. The topological polar surface area (TPSA) is 55.8 Å². The summed E-state index contributed by atoms with van der Waals surface area (Å²) in [7, 11) is 1.22. The lowest BCUT2D eigenvalue weighted by Crippen LogP contribution is -2.45. The van der Waals surface area contributed by atoms with Crippen LogP contribution in [0.25, 0.3) is 0 Å². The van der Waals surface area contributed by atoms with Crippen LogP contribution in [-0.2, 0) is 18.9 Å². The van der Waals surface area contributed by atoms with E-state index in [0.717, 1.165) is 0 Å². The zero-order valence-corrected chi connectivity index (χ0v) is 8.72. The molecule has 1 rings (SSSR count). The van der Waals surface area contributed by atoms with E-state index in [0.29, 0.717) is 19.7 Å². The van der Waals surface area contributed by atoms with E-state index < -0.39 is 19.0 Å². The van der Waals surface area contributed by atoms with Gasteiger partial charge < -0.3 is 14.2 Å². The van der Waals surface area contributed by atoms with Gasteiger partial charge in [0.05, 0.1) is 0 Å². The number of hydrogen-bond acceptors (Lipinski definition) is 5. The Balaban J connectivity index is 2.66. The van der Waals surface area contributed by atoms with Crippen LogP contribution in [0, 0.1) is 0 Å². The van der Waals surface area contributed by atoms with Crippen molar-refractivity contribution in [1.29, 1.82) is 0 Å². The summed E-state index contributed by atoms with van der Waals surface area (Å²) in [6.07, 6.45) is -0.490. The summed E-state index contributed by atoms with van der Waals surface area (Å²) in [6, 6.07) is 0. The highest BCUT2D eigenvalue weighted by Crippen LogP contribution is 2.05. The average molecular weight is 211 g/mol. The highest BCUT2D eigenvalue weighted by molar-refractivity contribution is 6.51. The Morgan fingerprint density at radius 2 is 2.40 bits per heavy atom. The molecule has 15 heavy (non-hydrogen) atoms. The summed E-state index contributed by atoms with van der Waals surface area (Å²) >= 11 is 0. The van der Waals surface area contributed by atoms with Gasteiger partial charge in [-0.05, 0) is 7.05 Å². The molecule has 0 bridgehead atoms. The molecule has 0 aromatic rings. The molecule has 1 heterocycles. The van der Waals surface area contributed by atoms with Gasteiger partial charge in [0.15, 0.2) is 6.29 Å². The van der Waals surface area contributed by atoms with E-state index in [1.54, 1.807) is 0 Å². The molecular weight excluding hydrogens is 197 g/mol.